The highest BCUT2D eigenvalue weighted by Crippen LogP contribution is 2.27. The number of rotatable bonds is 3. The van der Waals surface area contributed by atoms with E-state index in [0.29, 0.717) is 28.7 Å². The largest absolute Gasteiger partial charge is 0.337 e. The molecule has 1 unspecified atom stereocenters. The highest BCUT2D eigenvalue weighted by atomic mass is 19.1. The molecule has 0 N–H and O–H groups in total. The molecule has 0 aliphatic carbocycles. The maximum atomic E-state index is 13.6. The molecule has 140 valence electrons. The fourth-order valence-corrected chi connectivity index (χ4v) is 4.00. The van der Waals surface area contributed by atoms with Crippen LogP contribution in [0.5, 0.6) is 0 Å². The summed E-state index contributed by atoms with van der Waals surface area (Å²) < 4.78 is 15.8. The second-order valence-electron chi connectivity index (χ2n) is 7.12. The van der Waals surface area contributed by atoms with Crippen LogP contribution in [0.1, 0.15) is 47.7 Å². The van der Waals surface area contributed by atoms with E-state index in [9.17, 15) is 9.18 Å². The van der Waals surface area contributed by atoms with Gasteiger partial charge in [-0.05, 0) is 38.0 Å². The SMILES string of the molecule is CCc1nccn1C1CCCN(C(=O)c2cc(C)nc3cc(F)ccc23)C1. The first-order valence-electron chi connectivity index (χ1n) is 9.44. The number of imidazole rings is 1. The van der Waals surface area contributed by atoms with Crippen molar-refractivity contribution in [1.82, 2.24) is 19.4 Å². The predicted molar refractivity (Wildman–Crippen MR) is 102 cm³/mol. The lowest BCUT2D eigenvalue weighted by Crippen LogP contribution is -2.41. The van der Waals surface area contributed by atoms with Crippen molar-refractivity contribution in [2.45, 2.75) is 39.2 Å². The third-order valence-corrected chi connectivity index (χ3v) is 5.27. The third kappa shape index (κ3) is 3.31. The van der Waals surface area contributed by atoms with Gasteiger partial charge in [0.25, 0.3) is 5.91 Å². The highest BCUT2D eigenvalue weighted by molar-refractivity contribution is 6.06. The fourth-order valence-electron chi connectivity index (χ4n) is 4.00. The van der Waals surface area contributed by atoms with Crippen molar-refractivity contribution in [2.75, 3.05) is 13.1 Å². The van der Waals surface area contributed by atoms with Gasteiger partial charge in [-0.25, -0.2) is 9.37 Å². The molecule has 3 heterocycles. The van der Waals surface area contributed by atoms with Gasteiger partial charge >= 0.3 is 0 Å². The van der Waals surface area contributed by atoms with Crippen molar-refractivity contribution in [2.24, 2.45) is 0 Å². The molecule has 27 heavy (non-hydrogen) atoms. The summed E-state index contributed by atoms with van der Waals surface area (Å²) in [6.07, 6.45) is 6.69. The summed E-state index contributed by atoms with van der Waals surface area (Å²) in [5.41, 5.74) is 1.84. The second kappa shape index (κ2) is 7.10. The van der Waals surface area contributed by atoms with Crippen LogP contribution in [-0.2, 0) is 6.42 Å². The van der Waals surface area contributed by atoms with Crippen LogP contribution in [0.3, 0.4) is 0 Å². The summed E-state index contributed by atoms with van der Waals surface area (Å²) in [4.78, 5) is 24.0. The van der Waals surface area contributed by atoms with Gasteiger partial charge < -0.3 is 9.47 Å². The maximum absolute atomic E-state index is 13.6. The molecule has 1 aromatic carbocycles. The number of halogens is 1. The minimum atomic E-state index is -0.343. The predicted octanol–water partition coefficient (Wildman–Crippen LogP) is 3.92. The number of nitrogens with zero attached hydrogens (tertiary/aromatic N) is 4. The Hall–Kier alpha value is -2.76. The number of hydrogen-bond donors (Lipinski definition) is 0. The Morgan fingerprint density at radius 2 is 2.19 bits per heavy atom. The first-order valence-corrected chi connectivity index (χ1v) is 9.44. The molecular weight excluding hydrogens is 343 g/mol. The van der Waals surface area contributed by atoms with E-state index >= 15 is 0 Å². The molecule has 1 aliphatic heterocycles. The van der Waals surface area contributed by atoms with Crippen molar-refractivity contribution in [1.29, 1.82) is 0 Å². The second-order valence-corrected chi connectivity index (χ2v) is 7.12. The first kappa shape index (κ1) is 17.6. The molecule has 0 saturated carbocycles. The first-order chi connectivity index (χ1) is 13.1. The number of pyridine rings is 1. The average Bonchev–Trinajstić information content (AvgIpc) is 3.15. The summed E-state index contributed by atoms with van der Waals surface area (Å²) in [7, 11) is 0. The number of fused-ring (bicyclic) bond motifs is 1. The summed E-state index contributed by atoms with van der Waals surface area (Å²) >= 11 is 0. The zero-order valence-corrected chi connectivity index (χ0v) is 15.7. The Balaban J connectivity index is 1.66. The van der Waals surface area contributed by atoms with Crippen LogP contribution in [0.2, 0.25) is 0 Å². The lowest BCUT2D eigenvalue weighted by molar-refractivity contribution is 0.0679. The van der Waals surface area contributed by atoms with Gasteiger partial charge in [-0.1, -0.05) is 6.92 Å². The minimum absolute atomic E-state index is 0.0139. The molecule has 1 atom stereocenters. The van der Waals surface area contributed by atoms with Crippen molar-refractivity contribution in [3.05, 3.63) is 59.6 Å². The van der Waals surface area contributed by atoms with Crippen LogP contribution < -0.4 is 0 Å². The van der Waals surface area contributed by atoms with E-state index in [1.807, 2.05) is 24.2 Å². The number of aromatic nitrogens is 3. The Morgan fingerprint density at radius 1 is 1.33 bits per heavy atom. The van der Waals surface area contributed by atoms with E-state index in [1.54, 1.807) is 12.1 Å². The van der Waals surface area contributed by atoms with Gasteiger partial charge in [0.15, 0.2) is 0 Å². The summed E-state index contributed by atoms with van der Waals surface area (Å²) in [5, 5.41) is 0.700. The van der Waals surface area contributed by atoms with Crippen molar-refractivity contribution < 1.29 is 9.18 Å². The highest BCUT2D eigenvalue weighted by Gasteiger charge is 2.27. The van der Waals surface area contributed by atoms with Gasteiger partial charge in [-0.3, -0.25) is 9.78 Å². The molecule has 2 aromatic heterocycles. The molecule has 6 heteroatoms. The maximum Gasteiger partial charge on any atom is 0.254 e. The van der Waals surface area contributed by atoms with E-state index in [4.69, 9.17) is 0 Å². The molecule has 1 fully saturated rings. The zero-order valence-electron chi connectivity index (χ0n) is 15.7. The zero-order chi connectivity index (χ0) is 19.0. The van der Waals surface area contributed by atoms with Crippen LogP contribution >= 0.6 is 0 Å². The normalized spacial score (nSPS) is 17.4. The van der Waals surface area contributed by atoms with Crippen molar-refractivity contribution in [3.8, 4) is 0 Å². The summed E-state index contributed by atoms with van der Waals surface area (Å²) in [5.74, 6) is 0.694. The molecule has 4 rings (SSSR count). The molecule has 3 aromatic rings. The summed E-state index contributed by atoms with van der Waals surface area (Å²) in [6.45, 7) is 5.32. The van der Waals surface area contributed by atoms with Crippen LogP contribution in [0, 0.1) is 12.7 Å². The smallest absolute Gasteiger partial charge is 0.254 e. The fraction of sp³-hybridized carbons (Fsp3) is 0.381. The molecular formula is C21H23FN4O. The average molecular weight is 366 g/mol. The Kier molecular flexibility index (Phi) is 4.64. The standard InChI is InChI=1S/C21H23FN4O/c1-3-20-23-8-10-26(20)16-5-4-9-25(13-16)21(27)18-11-14(2)24-19-12-15(22)6-7-17(18)19/h6-8,10-12,16H,3-5,9,13H2,1-2H3. The monoisotopic (exact) mass is 366 g/mol. The van der Waals surface area contributed by atoms with Crippen LogP contribution in [0.15, 0.2) is 36.7 Å². The quantitative estimate of drug-likeness (QED) is 0.706. The van der Waals surface area contributed by atoms with Gasteiger partial charge in [0, 0.05) is 49.1 Å². The van der Waals surface area contributed by atoms with Crippen LogP contribution in [-0.4, -0.2) is 38.4 Å². The Morgan fingerprint density at radius 3 is 3.00 bits per heavy atom. The van der Waals surface area contributed by atoms with Gasteiger partial charge in [0.2, 0.25) is 0 Å². The number of aryl methyl sites for hydroxylation is 2. The molecule has 0 bridgehead atoms. The van der Waals surface area contributed by atoms with Crippen molar-refractivity contribution >= 4 is 16.8 Å². The number of amides is 1. The molecule has 5 nitrogen and oxygen atoms in total. The van der Waals surface area contributed by atoms with E-state index in [2.05, 4.69) is 21.5 Å². The number of piperidine rings is 1. The van der Waals surface area contributed by atoms with Gasteiger partial charge in [0.05, 0.1) is 17.1 Å². The number of hydrogen-bond acceptors (Lipinski definition) is 3. The van der Waals surface area contributed by atoms with E-state index in [0.717, 1.165) is 31.6 Å². The lowest BCUT2D eigenvalue weighted by Gasteiger charge is -2.34. The number of benzene rings is 1. The molecule has 1 aliphatic rings. The van der Waals surface area contributed by atoms with Crippen LogP contribution in [0.4, 0.5) is 4.39 Å². The molecule has 1 amide bonds. The Bertz CT molecular complexity index is 992. The van der Waals surface area contributed by atoms with Crippen LogP contribution in [0.25, 0.3) is 10.9 Å². The van der Waals surface area contributed by atoms with E-state index in [1.165, 1.54) is 12.1 Å². The molecule has 1 saturated heterocycles. The Labute approximate surface area is 157 Å². The third-order valence-electron chi connectivity index (χ3n) is 5.27. The van der Waals surface area contributed by atoms with E-state index in [-0.39, 0.29) is 17.8 Å². The van der Waals surface area contributed by atoms with Gasteiger partial charge in [0.1, 0.15) is 11.6 Å². The van der Waals surface area contributed by atoms with Crippen molar-refractivity contribution in [3.63, 3.8) is 0 Å². The number of carbonyl (C=O) groups is 1. The van der Waals surface area contributed by atoms with E-state index < -0.39 is 0 Å². The topological polar surface area (TPSA) is 51.0 Å². The lowest BCUT2D eigenvalue weighted by atomic mass is 10.0. The van der Waals surface area contributed by atoms with Gasteiger partial charge in [-0.15, -0.1) is 0 Å². The molecule has 0 radical (unpaired) electrons. The number of carbonyl (C=O) groups excluding carboxylic acids is 1. The summed E-state index contributed by atoms with van der Waals surface area (Å²) in [6, 6.07) is 6.47. The van der Waals surface area contributed by atoms with Gasteiger partial charge in [-0.2, -0.15) is 0 Å². The molecule has 0 spiro atoms. The minimum Gasteiger partial charge on any atom is -0.337 e. The number of likely N-dealkylation sites (tertiary alicyclic amines) is 1.